The minimum Gasteiger partial charge on any atom is -0.454 e. The van der Waals surface area contributed by atoms with Gasteiger partial charge in [0.05, 0.1) is 18.6 Å². The molecule has 6 nitrogen and oxygen atoms in total. The van der Waals surface area contributed by atoms with Crippen LogP contribution < -0.4 is 14.9 Å². The number of Topliss-reactive ketones (excluding diaryl/α,β-unsaturated/α-hetero) is 1. The average Bonchev–Trinajstić information content (AvgIpc) is 3.25. The summed E-state index contributed by atoms with van der Waals surface area (Å²) < 4.78 is 10.6. The molecule has 1 amide bonds. The first-order chi connectivity index (χ1) is 14.7. The molecule has 0 fully saturated rings. The Morgan fingerprint density at radius 1 is 0.833 bits per heavy atom. The van der Waals surface area contributed by atoms with Crippen LogP contribution in [-0.2, 0) is 11.2 Å². The molecule has 0 spiro atoms. The number of benzene rings is 3. The molecule has 0 aromatic heterocycles. The van der Waals surface area contributed by atoms with Crippen LogP contribution in [0.3, 0.4) is 0 Å². The zero-order chi connectivity index (χ0) is 20.8. The van der Waals surface area contributed by atoms with E-state index in [-0.39, 0.29) is 31.3 Å². The lowest BCUT2D eigenvalue weighted by molar-refractivity contribution is -0.120. The van der Waals surface area contributed by atoms with Gasteiger partial charge in [-0.05, 0) is 29.3 Å². The number of fused-ring (bicyclic) bond motifs is 1. The molecular weight excluding hydrogens is 380 g/mol. The second-order valence-electron chi connectivity index (χ2n) is 6.79. The van der Waals surface area contributed by atoms with Crippen molar-refractivity contribution >= 4 is 17.4 Å². The summed E-state index contributed by atoms with van der Waals surface area (Å²) in [7, 11) is 0. The Kier molecular flexibility index (Phi) is 5.85. The van der Waals surface area contributed by atoms with Crippen LogP contribution in [0.2, 0.25) is 0 Å². The predicted molar refractivity (Wildman–Crippen MR) is 113 cm³/mol. The van der Waals surface area contributed by atoms with Gasteiger partial charge in [-0.1, -0.05) is 60.7 Å². The van der Waals surface area contributed by atoms with Crippen LogP contribution in [0.15, 0.2) is 84.0 Å². The normalized spacial score (nSPS) is 12.5. The van der Waals surface area contributed by atoms with E-state index < -0.39 is 0 Å². The Morgan fingerprint density at radius 2 is 1.53 bits per heavy atom. The van der Waals surface area contributed by atoms with Crippen LogP contribution in [0.25, 0.3) is 0 Å². The van der Waals surface area contributed by atoms with Crippen molar-refractivity contribution in [2.45, 2.75) is 12.8 Å². The zero-order valence-electron chi connectivity index (χ0n) is 16.2. The van der Waals surface area contributed by atoms with Crippen molar-refractivity contribution in [1.82, 2.24) is 5.43 Å². The lowest BCUT2D eigenvalue weighted by Crippen LogP contribution is -2.23. The quantitative estimate of drug-likeness (QED) is 0.372. The first-order valence-corrected chi connectivity index (χ1v) is 9.56. The fourth-order valence-corrected chi connectivity index (χ4v) is 3.11. The molecule has 0 saturated carbocycles. The monoisotopic (exact) mass is 400 g/mol. The molecule has 0 aliphatic carbocycles. The fraction of sp³-hybridized carbons (Fsp3) is 0.125. The average molecular weight is 400 g/mol. The van der Waals surface area contributed by atoms with Crippen LogP contribution in [0.1, 0.15) is 27.9 Å². The van der Waals surface area contributed by atoms with E-state index in [0.29, 0.717) is 22.8 Å². The molecule has 1 heterocycles. The van der Waals surface area contributed by atoms with Gasteiger partial charge in [0.1, 0.15) is 0 Å². The Hall–Kier alpha value is -3.93. The number of nitrogens with one attached hydrogen (secondary N) is 1. The molecule has 4 rings (SSSR count). The Labute approximate surface area is 174 Å². The first-order valence-electron chi connectivity index (χ1n) is 9.56. The highest BCUT2D eigenvalue weighted by Gasteiger charge is 2.18. The second kappa shape index (κ2) is 9.05. The van der Waals surface area contributed by atoms with Crippen molar-refractivity contribution in [3.05, 3.63) is 95.6 Å². The highest BCUT2D eigenvalue weighted by molar-refractivity contribution is 6.16. The van der Waals surface area contributed by atoms with Gasteiger partial charge in [-0.15, -0.1) is 0 Å². The number of ether oxygens (including phenoxy) is 2. The third-order valence-corrected chi connectivity index (χ3v) is 4.65. The molecular formula is C24H20N2O4. The number of hydrogen-bond donors (Lipinski definition) is 1. The third kappa shape index (κ3) is 4.72. The summed E-state index contributed by atoms with van der Waals surface area (Å²) in [5.74, 6) is 0.797. The lowest BCUT2D eigenvalue weighted by Gasteiger charge is -2.08. The fourth-order valence-electron chi connectivity index (χ4n) is 3.11. The van der Waals surface area contributed by atoms with Crippen LogP contribution >= 0.6 is 0 Å². The van der Waals surface area contributed by atoms with Gasteiger partial charge in [-0.3, -0.25) is 9.59 Å². The van der Waals surface area contributed by atoms with Crippen molar-refractivity contribution in [2.24, 2.45) is 5.10 Å². The minimum absolute atomic E-state index is 0.0370. The third-order valence-electron chi connectivity index (χ3n) is 4.65. The maximum atomic E-state index is 12.9. The molecule has 1 aliphatic heterocycles. The Bertz CT molecular complexity index is 1080. The molecule has 0 unspecified atom stereocenters. The summed E-state index contributed by atoms with van der Waals surface area (Å²) in [4.78, 5) is 25.2. The van der Waals surface area contributed by atoms with Crippen molar-refractivity contribution in [3.8, 4) is 11.5 Å². The molecule has 0 saturated heterocycles. The van der Waals surface area contributed by atoms with Gasteiger partial charge in [0.15, 0.2) is 17.3 Å². The van der Waals surface area contributed by atoms with E-state index in [1.807, 2.05) is 60.7 Å². The van der Waals surface area contributed by atoms with Gasteiger partial charge >= 0.3 is 0 Å². The van der Waals surface area contributed by atoms with E-state index >= 15 is 0 Å². The molecule has 0 radical (unpaired) electrons. The smallest absolute Gasteiger partial charge is 0.244 e. The highest BCUT2D eigenvalue weighted by atomic mass is 16.7. The van der Waals surface area contributed by atoms with E-state index in [9.17, 15) is 9.59 Å². The number of ketones is 1. The maximum Gasteiger partial charge on any atom is 0.244 e. The molecule has 6 heteroatoms. The number of carbonyl (C=O) groups is 2. The number of carbonyl (C=O) groups excluding carboxylic acids is 2. The second-order valence-corrected chi connectivity index (χ2v) is 6.79. The summed E-state index contributed by atoms with van der Waals surface area (Å²) in [6.45, 7) is 0.150. The molecule has 3 aromatic rings. The van der Waals surface area contributed by atoms with Crippen molar-refractivity contribution in [3.63, 3.8) is 0 Å². The minimum atomic E-state index is -0.245. The van der Waals surface area contributed by atoms with Gasteiger partial charge in [0, 0.05) is 5.56 Å². The van der Waals surface area contributed by atoms with Crippen LogP contribution in [0, 0.1) is 0 Å². The first kappa shape index (κ1) is 19.4. The number of rotatable bonds is 7. The number of amides is 1. The van der Waals surface area contributed by atoms with Gasteiger partial charge in [-0.25, -0.2) is 5.43 Å². The summed E-state index contributed by atoms with van der Waals surface area (Å²) in [5.41, 5.74) is 5.23. The Balaban J connectivity index is 1.50. The van der Waals surface area contributed by atoms with Gasteiger partial charge in [-0.2, -0.15) is 5.10 Å². The van der Waals surface area contributed by atoms with Gasteiger partial charge < -0.3 is 9.47 Å². The molecule has 1 N–H and O–H groups in total. The maximum absolute atomic E-state index is 12.9. The lowest BCUT2D eigenvalue weighted by atomic mass is 10.0. The van der Waals surface area contributed by atoms with Crippen molar-refractivity contribution < 1.29 is 19.1 Å². The number of hydrogen-bond acceptors (Lipinski definition) is 5. The van der Waals surface area contributed by atoms with Gasteiger partial charge in [0.25, 0.3) is 0 Å². The van der Waals surface area contributed by atoms with Crippen LogP contribution in [0.4, 0.5) is 0 Å². The number of hydrazone groups is 1. The Morgan fingerprint density at radius 3 is 2.30 bits per heavy atom. The summed E-state index contributed by atoms with van der Waals surface area (Å²) in [6.07, 6.45) is 0.248. The van der Waals surface area contributed by atoms with E-state index in [0.717, 1.165) is 11.1 Å². The van der Waals surface area contributed by atoms with Crippen LogP contribution in [-0.4, -0.2) is 24.2 Å². The predicted octanol–water partition coefficient (Wildman–Crippen LogP) is 3.75. The zero-order valence-corrected chi connectivity index (χ0v) is 16.2. The molecule has 1 aliphatic rings. The van der Waals surface area contributed by atoms with E-state index in [1.54, 1.807) is 18.2 Å². The molecule has 0 atom stereocenters. The van der Waals surface area contributed by atoms with Crippen LogP contribution in [0.5, 0.6) is 11.5 Å². The van der Waals surface area contributed by atoms with Crippen molar-refractivity contribution in [2.75, 3.05) is 6.79 Å². The van der Waals surface area contributed by atoms with E-state index in [4.69, 9.17) is 9.47 Å². The van der Waals surface area contributed by atoms with Crippen molar-refractivity contribution in [1.29, 1.82) is 0 Å². The summed E-state index contributed by atoms with van der Waals surface area (Å²) in [6, 6.07) is 23.8. The molecule has 30 heavy (non-hydrogen) atoms. The SMILES string of the molecule is O=C(Cc1ccccc1)NN=C(CC(=O)c1ccc2c(c1)OCO2)c1ccccc1. The standard InChI is InChI=1S/C24H20N2O4/c27-21(19-11-12-22-23(14-19)30-16-29-22)15-20(18-9-5-2-6-10-18)25-26-24(28)13-17-7-3-1-4-8-17/h1-12,14H,13,15-16H2,(H,26,28). The molecule has 3 aromatic carbocycles. The highest BCUT2D eigenvalue weighted by Crippen LogP contribution is 2.32. The number of nitrogens with zero attached hydrogens (tertiary/aromatic N) is 1. The molecule has 0 bridgehead atoms. The largest absolute Gasteiger partial charge is 0.454 e. The molecule has 150 valence electrons. The summed E-state index contributed by atoms with van der Waals surface area (Å²) in [5, 5.41) is 4.27. The van der Waals surface area contributed by atoms with E-state index in [2.05, 4.69) is 10.5 Å². The van der Waals surface area contributed by atoms with Gasteiger partial charge in [0.2, 0.25) is 12.7 Å². The summed E-state index contributed by atoms with van der Waals surface area (Å²) >= 11 is 0. The topological polar surface area (TPSA) is 77.0 Å². The van der Waals surface area contributed by atoms with E-state index in [1.165, 1.54) is 0 Å².